The number of tetrazole rings is 1. The fourth-order valence-electron chi connectivity index (χ4n) is 2.22. The zero-order valence-electron chi connectivity index (χ0n) is 9.96. The van der Waals surface area contributed by atoms with Gasteiger partial charge >= 0.3 is 0 Å². The molecule has 0 saturated heterocycles. The predicted molar refractivity (Wildman–Crippen MR) is 65.2 cm³/mol. The number of nitrogen functional groups attached to an aromatic ring is 1. The number of nitrogens with zero attached hydrogens (tertiary/aromatic N) is 4. The number of nitrogens with two attached hydrogens (primary N) is 1. The molecule has 88 valence electrons. The Morgan fingerprint density at radius 2 is 2.18 bits per heavy atom. The van der Waals surface area contributed by atoms with Crippen LogP contribution in [0.25, 0.3) is 11.4 Å². The van der Waals surface area contributed by atoms with Gasteiger partial charge in [-0.3, -0.25) is 0 Å². The van der Waals surface area contributed by atoms with Crippen LogP contribution in [0.4, 0.5) is 5.69 Å². The zero-order valence-corrected chi connectivity index (χ0v) is 9.96. The van der Waals surface area contributed by atoms with Crippen LogP contribution in [0.2, 0.25) is 0 Å². The van der Waals surface area contributed by atoms with Crippen LogP contribution in [0, 0.1) is 12.8 Å². The summed E-state index contributed by atoms with van der Waals surface area (Å²) < 4.78 is 1.91. The Labute approximate surface area is 99.6 Å². The van der Waals surface area contributed by atoms with Crippen LogP contribution in [0.3, 0.4) is 0 Å². The number of anilines is 1. The van der Waals surface area contributed by atoms with Gasteiger partial charge in [0.25, 0.3) is 0 Å². The van der Waals surface area contributed by atoms with E-state index in [1.807, 2.05) is 29.8 Å². The van der Waals surface area contributed by atoms with Gasteiger partial charge in [-0.05, 0) is 41.3 Å². The molecule has 1 heterocycles. The Kier molecular flexibility index (Phi) is 2.14. The van der Waals surface area contributed by atoms with E-state index >= 15 is 0 Å². The lowest BCUT2D eigenvalue weighted by atomic mass is 10.1. The monoisotopic (exact) mass is 229 g/mol. The fourth-order valence-corrected chi connectivity index (χ4v) is 2.22. The maximum absolute atomic E-state index is 6.03. The number of hydrogen-bond acceptors (Lipinski definition) is 4. The molecule has 5 nitrogen and oxygen atoms in total. The summed E-state index contributed by atoms with van der Waals surface area (Å²) in [7, 11) is 0. The average Bonchev–Trinajstić information content (AvgIpc) is 2.83. The minimum Gasteiger partial charge on any atom is -0.398 e. The highest BCUT2D eigenvalue weighted by atomic mass is 15.6. The van der Waals surface area contributed by atoms with Crippen LogP contribution in [0.5, 0.6) is 0 Å². The molecule has 2 aromatic rings. The van der Waals surface area contributed by atoms with E-state index in [-0.39, 0.29) is 0 Å². The first kappa shape index (κ1) is 10.3. The average molecular weight is 229 g/mol. The molecule has 2 atom stereocenters. The van der Waals surface area contributed by atoms with Crippen LogP contribution in [0.15, 0.2) is 18.2 Å². The van der Waals surface area contributed by atoms with Crippen molar-refractivity contribution in [1.82, 2.24) is 20.2 Å². The van der Waals surface area contributed by atoms with Gasteiger partial charge in [-0.25, -0.2) is 4.68 Å². The molecule has 1 aliphatic carbocycles. The molecule has 0 amide bonds. The highest BCUT2D eigenvalue weighted by molar-refractivity contribution is 5.74. The Morgan fingerprint density at radius 3 is 2.82 bits per heavy atom. The Morgan fingerprint density at radius 1 is 1.41 bits per heavy atom. The number of rotatable bonds is 2. The molecule has 2 N–H and O–H groups in total. The van der Waals surface area contributed by atoms with Gasteiger partial charge in [-0.2, -0.15) is 0 Å². The van der Waals surface area contributed by atoms with Crippen molar-refractivity contribution in [2.45, 2.75) is 26.3 Å². The third-order valence-corrected chi connectivity index (χ3v) is 3.40. The van der Waals surface area contributed by atoms with Crippen LogP contribution in [-0.2, 0) is 0 Å². The highest BCUT2D eigenvalue weighted by Gasteiger charge is 2.37. The first-order valence-electron chi connectivity index (χ1n) is 5.82. The summed E-state index contributed by atoms with van der Waals surface area (Å²) >= 11 is 0. The Hall–Kier alpha value is -1.91. The molecule has 0 radical (unpaired) electrons. The molecule has 1 aliphatic rings. The van der Waals surface area contributed by atoms with Gasteiger partial charge in [-0.15, -0.1) is 5.10 Å². The number of aromatic nitrogens is 4. The standard InChI is InChI=1S/C12H15N5/c1-7-4-3-5-9(13)11(7)12-14-15-16-17(12)10-6-8(10)2/h3-5,8,10H,6,13H2,1-2H3. The van der Waals surface area contributed by atoms with Crippen molar-refractivity contribution in [3.05, 3.63) is 23.8 Å². The molecular weight excluding hydrogens is 214 g/mol. The molecule has 1 saturated carbocycles. The van der Waals surface area contributed by atoms with Gasteiger partial charge in [0.05, 0.1) is 6.04 Å². The smallest absolute Gasteiger partial charge is 0.184 e. The van der Waals surface area contributed by atoms with E-state index in [1.54, 1.807) is 0 Å². The van der Waals surface area contributed by atoms with E-state index in [1.165, 1.54) is 0 Å². The molecule has 2 unspecified atom stereocenters. The zero-order chi connectivity index (χ0) is 12.0. The fraction of sp³-hybridized carbons (Fsp3) is 0.417. The molecule has 1 aromatic carbocycles. The highest BCUT2D eigenvalue weighted by Crippen LogP contribution is 2.44. The van der Waals surface area contributed by atoms with E-state index < -0.39 is 0 Å². The molecular formula is C12H15N5. The normalized spacial score (nSPS) is 22.7. The largest absolute Gasteiger partial charge is 0.398 e. The van der Waals surface area contributed by atoms with Crippen molar-refractivity contribution >= 4 is 5.69 Å². The van der Waals surface area contributed by atoms with E-state index in [0.29, 0.717) is 12.0 Å². The predicted octanol–water partition coefficient (Wildman–Crippen LogP) is 1.81. The lowest BCUT2D eigenvalue weighted by Gasteiger charge is -2.09. The van der Waals surface area contributed by atoms with E-state index in [2.05, 4.69) is 22.4 Å². The lowest BCUT2D eigenvalue weighted by molar-refractivity contribution is 0.584. The summed E-state index contributed by atoms with van der Waals surface area (Å²) in [5.41, 5.74) is 8.82. The summed E-state index contributed by atoms with van der Waals surface area (Å²) in [6, 6.07) is 6.29. The summed E-state index contributed by atoms with van der Waals surface area (Å²) in [4.78, 5) is 0. The summed E-state index contributed by atoms with van der Waals surface area (Å²) in [6.07, 6.45) is 1.14. The van der Waals surface area contributed by atoms with Gasteiger partial charge < -0.3 is 5.73 Å². The van der Waals surface area contributed by atoms with Crippen molar-refractivity contribution < 1.29 is 0 Å². The number of hydrogen-bond donors (Lipinski definition) is 1. The molecule has 3 rings (SSSR count). The molecule has 0 bridgehead atoms. The van der Waals surface area contributed by atoms with E-state index in [9.17, 15) is 0 Å². The first-order valence-corrected chi connectivity index (χ1v) is 5.82. The minimum absolute atomic E-state index is 0.430. The van der Waals surface area contributed by atoms with Crippen molar-refractivity contribution in [3.8, 4) is 11.4 Å². The molecule has 0 aliphatic heterocycles. The SMILES string of the molecule is Cc1cccc(N)c1-c1nnnn1C1CC1C. The quantitative estimate of drug-likeness (QED) is 0.797. The lowest BCUT2D eigenvalue weighted by Crippen LogP contribution is -2.04. The van der Waals surface area contributed by atoms with Gasteiger partial charge in [-0.1, -0.05) is 19.1 Å². The summed E-state index contributed by atoms with van der Waals surface area (Å²) in [5, 5.41) is 12.0. The molecule has 5 heteroatoms. The first-order chi connectivity index (χ1) is 8.18. The molecule has 17 heavy (non-hydrogen) atoms. The van der Waals surface area contributed by atoms with Crippen LogP contribution < -0.4 is 5.73 Å². The molecule has 1 fully saturated rings. The van der Waals surface area contributed by atoms with Gasteiger partial charge in [0.2, 0.25) is 0 Å². The van der Waals surface area contributed by atoms with Gasteiger partial charge in [0.15, 0.2) is 5.82 Å². The maximum atomic E-state index is 6.03. The van der Waals surface area contributed by atoms with Crippen molar-refractivity contribution in [2.75, 3.05) is 5.73 Å². The van der Waals surface area contributed by atoms with Crippen molar-refractivity contribution in [3.63, 3.8) is 0 Å². The third-order valence-electron chi connectivity index (χ3n) is 3.40. The van der Waals surface area contributed by atoms with E-state index in [0.717, 1.165) is 29.1 Å². The Bertz CT molecular complexity index is 540. The van der Waals surface area contributed by atoms with Gasteiger partial charge in [0.1, 0.15) is 0 Å². The minimum atomic E-state index is 0.430. The third kappa shape index (κ3) is 1.58. The second kappa shape index (κ2) is 3.55. The topological polar surface area (TPSA) is 69.6 Å². The second-order valence-corrected chi connectivity index (χ2v) is 4.77. The van der Waals surface area contributed by atoms with Crippen molar-refractivity contribution in [2.24, 2.45) is 5.92 Å². The second-order valence-electron chi connectivity index (χ2n) is 4.77. The maximum Gasteiger partial charge on any atom is 0.184 e. The van der Waals surface area contributed by atoms with Crippen LogP contribution >= 0.6 is 0 Å². The van der Waals surface area contributed by atoms with Gasteiger partial charge in [0, 0.05) is 11.3 Å². The van der Waals surface area contributed by atoms with Crippen molar-refractivity contribution in [1.29, 1.82) is 0 Å². The number of benzene rings is 1. The number of aryl methyl sites for hydroxylation is 1. The van der Waals surface area contributed by atoms with E-state index in [4.69, 9.17) is 5.73 Å². The summed E-state index contributed by atoms with van der Waals surface area (Å²) in [5.74, 6) is 1.44. The van der Waals surface area contributed by atoms with Crippen LogP contribution in [0.1, 0.15) is 24.9 Å². The molecule has 0 spiro atoms. The molecule has 1 aromatic heterocycles. The Balaban J connectivity index is 2.13. The summed E-state index contributed by atoms with van der Waals surface area (Å²) in [6.45, 7) is 4.23. The van der Waals surface area contributed by atoms with Crippen LogP contribution in [-0.4, -0.2) is 20.2 Å².